The molecule has 0 radical (unpaired) electrons. The first-order valence-electron chi connectivity index (χ1n) is 12.7. The number of aryl methyl sites for hydroxylation is 1. The molecule has 0 unspecified atom stereocenters. The Kier molecular flexibility index (Phi) is 5.78. The average Bonchev–Trinajstić information content (AvgIpc) is 3.72. The van der Waals surface area contributed by atoms with Gasteiger partial charge in [-0.15, -0.1) is 0 Å². The highest BCUT2D eigenvalue weighted by molar-refractivity contribution is 5.96. The number of carbonyl (C=O) groups is 1. The van der Waals surface area contributed by atoms with Gasteiger partial charge in [0.2, 0.25) is 5.91 Å². The van der Waals surface area contributed by atoms with Crippen LogP contribution < -0.4 is 5.32 Å². The Balaban J connectivity index is 1.24. The molecule has 1 amide bonds. The maximum atomic E-state index is 16.1. The van der Waals surface area contributed by atoms with E-state index in [9.17, 15) is 4.79 Å². The summed E-state index contributed by atoms with van der Waals surface area (Å²) in [4.78, 5) is 37.7. The number of aromatic nitrogens is 9. The molecule has 1 aromatic carbocycles. The topological polar surface area (TPSA) is 143 Å². The maximum absolute atomic E-state index is 16.1. The van der Waals surface area contributed by atoms with Gasteiger partial charge in [0.05, 0.1) is 41.4 Å². The lowest BCUT2D eigenvalue weighted by Crippen LogP contribution is -2.14. The number of H-pyrrole nitrogens is 2. The van der Waals surface area contributed by atoms with Gasteiger partial charge in [0.15, 0.2) is 17.1 Å². The van der Waals surface area contributed by atoms with E-state index in [0.29, 0.717) is 28.2 Å². The van der Waals surface area contributed by atoms with Crippen molar-refractivity contribution < 1.29 is 9.18 Å². The number of hydrogen-bond acceptors (Lipinski definition) is 7. The second-order valence-corrected chi connectivity index (χ2v) is 9.49. The van der Waals surface area contributed by atoms with Gasteiger partial charge in [0, 0.05) is 35.9 Å². The number of anilines is 1. The number of aromatic amines is 2. The van der Waals surface area contributed by atoms with Crippen LogP contribution in [0.25, 0.3) is 50.5 Å². The minimum absolute atomic E-state index is 0.167. The molecule has 0 saturated heterocycles. The molecule has 0 atom stereocenters. The molecule has 0 fully saturated rings. The van der Waals surface area contributed by atoms with Crippen LogP contribution in [0.4, 0.5) is 10.1 Å². The third kappa shape index (κ3) is 4.46. The van der Waals surface area contributed by atoms with Crippen molar-refractivity contribution in [1.82, 2.24) is 44.7 Å². The fraction of sp³-hybridized carbons (Fsp3) is 0.0690. The van der Waals surface area contributed by atoms with E-state index in [1.54, 1.807) is 18.6 Å². The Bertz CT molecular complexity index is 2060. The van der Waals surface area contributed by atoms with Crippen molar-refractivity contribution in [3.05, 3.63) is 96.9 Å². The van der Waals surface area contributed by atoms with E-state index in [1.165, 1.54) is 18.6 Å². The summed E-state index contributed by atoms with van der Waals surface area (Å²) in [5.74, 6) is -0.418. The molecule has 6 heterocycles. The molecule has 0 spiro atoms. The van der Waals surface area contributed by atoms with Crippen molar-refractivity contribution in [1.29, 1.82) is 0 Å². The maximum Gasteiger partial charge on any atom is 0.228 e. The summed E-state index contributed by atoms with van der Waals surface area (Å²) < 4.78 is 18.0. The zero-order valence-corrected chi connectivity index (χ0v) is 21.6. The molecule has 7 aromatic rings. The molecule has 0 saturated carbocycles. The van der Waals surface area contributed by atoms with Crippen LogP contribution in [0.3, 0.4) is 0 Å². The average molecular weight is 545 g/mol. The third-order valence-electron chi connectivity index (χ3n) is 6.64. The number of rotatable bonds is 6. The second kappa shape index (κ2) is 9.75. The summed E-state index contributed by atoms with van der Waals surface area (Å²) in [6.45, 7) is 1.90. The largest absolute Gasteiger partial charge is 0.324 e. The van der Waals surface area contributed by atoms with Gasteiger partial charge in [0.1, 0.15) is 17.0 Å². The number of imidazole rings is 2. The second-order valence-electron chi connectivity index (χ2n) is 9.49. The van der Waals surface area contributed by atoms with Crippen LogP contribution in [0, 0.1) is 12.7 Å². The zero-order valence-electron chi connectivity index (χ0n) is 21.6. The van der Waals surface area contributed by atoms with Crippen LogP contribution in [0.2, 0.25) is 0 Å². The Morgan fingerprint density at radius 1 is 1.05 bits per heavy atom. The molecular formula is C29H21FN10O. The van der Waals surface area contributed by atoms with E-state index in [4.69, 9.17) is 4.98 Å². The minimum Gasteiger partial charge on any atom is -0.324 e. The first kappa shape index (κ1) is 24.3. The van der Waals surface area contributed by atoms with Crippen LogP contribution in [0.15, 0.2) is 79.8 Å². The zero-order chi connectivity index (χ0) is 27.9. The number of nitrogens with one attached hydrogen (secondary N) is 3. The van der Waals surface area contributed by atoms with E-state index < -0.39 is 5.82 Å². The van der Waals surface area contributed by atoms with E-state index in [-0.39, 0.29) is 34.6 Å². The summed E-state index contributed by atoms with van der Waals surface area (Å²) in [5, 5.41) is 10.1. The van der Waals surface area contributed by atoms with Crippen molar-refractivity contribution in [2.24, 2.45) is 0 Å². The number of halogens is 1. The lowest BCUT2D eigenvalue weighted by atomic mass is 10.1. The van der Waals surface area contributed by atoms with E-state index in [1.807, 2.05) is 54.1 Å². The molecule has 0 aliphatic heterocycles. The summed E-state index contributed by atoms with van der Waals surface area (Å²) >= 11 is 0. The van der Waals surface area contributed by atoms with Gasteiger partial charge in [-0.05, 0) is 24.6 Å². The summed E-state index contributed by atoms with van der Waals surface area (Å²) in [7, 11) is 0. The minimum atomic E-state index is -0.549. The molecule has 41 heavy (non-hydrogen) atoms. The number of amides is 1. The predicted molar refractivity (Wildman–Crippen MR) is 151 cm³/mol. The van der Waals surface area contributed by atoms with Crippen molar-refractivity contribution >= 4 is 33.8 Å². The van der Waals surface area contributed by atoms with Crippen molar-refractivity contribution in [3.8, 4) is 28.3 Å². The van der Waals surface area contributed by atoms with Crippen LogP contribution in [0.5, 0.6) is 0 Å². The number of pyridine rings is 3. The number of hydrogen-bond donors (Lipinski definition) is 3. The fourth-order valence-electron chi connectivity index (χ4n) is 4.74. The van der Waals surface area contributed by atoms with Gasteiger partial charge in [-0.1, -0.05) is 30.3 Å². The SMILES string of the molecule is Cc1cn(-c2ccnc3[nH]c(-c4n[nH]c5ncc(-c6cncc(NC(=O)Cc7ccccc7)c6)c(F)c45)nc23)cn1. The van der Waals surface area contributed by atoms with Crippen molar-refractivity contribution in [2.45, 2.75) is 13.3 Å². The molecule has 7 rings (SSSR count). The number of carbonyl (C=O) groups excluding carboxylic acids is 1. The van der Waals surface area contributed by atoms with Crippen LogP contribution >= 0.6 is 0 Å². The Hall–Kier alpha value is -5.78. The molecule has 12 heteroatoms. The van der Waals surface area contributed by atoms with Gasteiger partial charge in [-0.25, -0.2) is 24.3 Å². The highest BCUT2D eigenvalue weighted by atomic mass is 19.1. The molecule has 6 aromatic heterocycles. The van der Waals surface area contributed by atoms with Gasteiger partial charge in [-0.3, -0.25) is 14.9 Å². The predicted octanol–water partition coefficient (Wildman–Crippen LogP) is 4.77. The van der Waals surface area contributed by atoms with Gasteiger partial charge < -0.3 is 14.9 Å². The monoisotopic (exact) mass is 544 g/mol. The van der Waals surface area contributed by atoms with Gasteiger partial charge in [-0.2, -0.15) is 5.10 Å². The Labute approximate surface area is 231 Å². The standard InChI is InChI=1S/C29H21FN10O/c1-16-14-40(15-34-16)21-7-8-32-28-25(21)36-29(37-28)26-23-24(30)20(13-33-27(23)39-38-26)18-10-19(12-31-11-18)35-22(41)9-17-5-3-2-4-6-17/h2-8,10-15H,9H2,1H3,(H,35,41)(H,32,36,37)(H,33,38,39). The molecule has 11 nitrogen and oxygen atoms in total. The highest BCUT2D eigenvalue weighted by Gasteiger charge is 2.22. The van der Waals surface area contributed by atoms with E-state index >= 15 is 4.39 Å². The summed E-state index contributed by atoms with van der Waals surface area (Å²) in [6, 6.07) is 12.9. The molecular weight excluding hydrogens is 523 g/mol. The molecule has 0 aliphatic rings. The normalized spacial score (nSPS) is 11.4. The number of nitrogens with zero attached hydrogens (tertiary/aromatic N) is 7. The lowest BCUT2D eigenvalue weighted by molar-refractivity contribution is -0.115. The van der Waals surface area contributed by atoms with E-state index in [2.05, 4.69) is 40.4 Å². The lowest BCUT2D eigenvalue weighted by Gasteiger charge is -2.08. The Morgan fingerprint density at radius 3 is 2.76 bits per heavy atom. The molecule has 3 N–H and O–H groups in total. The summed E-state index contributed by atoms with van der Waals surface area (Å²) in [6.07, 6.45) is 9.89. The first-order chi connectivity index (χ1) is 20.0. The molecule has 200 valence electrons. The highest BCUT2D eigenvalue weighted by Crippen LogP contribution is 2.33. The van der Waals surface area contributed by atoms with Crippen LogP contribution in [-0.2, 0) is 11.2 Å². The van der Waals surface area contributed by atoms with Crippen LogP contribution in [-0.4, -0.2) is 50.6 Å². The van der Waals surface area contributed by atoms with Gasteiger partial charge >= 0.3 is 0 Å². The quantitative estimate of drug-likeness (QED) is 0.274. The fourth-order valence-corrected chi connectivity index (χ4v) is 4.74. The van der Waals surface area contributed by atoms with Gasteiger partial charge in [0.25, 0.3) is 0 Å². The summed E-state index contributed by atoms with van der Waals surface area (Å²) in [5.41, 5.74) is 5.25. The van der Waals surface area contributed by atoms with Crippen molar-refractivity contribution in [2.75, 3.05) is 5.32 Å². The number of fused-ring (bicyclic) bond motifs is 2. The molecule has 0 aliphatic carbocycles. The number of benzene rings is 1. The Morgan fingerprint density at radius 2 is 1.93 bits per heavy atom. The van der Waals surface area contributed by atoms with Crippen molar-refractivity contribution in [3.63, 3.8) is 0 Å². The smallest absolute Gasteiger partial charge is 0.228 e. The third-order valence-corrected chi connectivity index (χ3v) is 6.64. The van der Waals surface area contributed by atoms with Crippen LogP contribution in [0.1, 0.15) is 11.3 Å². The molecule has 0 bridgehead atoms. The first-order valence-corrected chi connectivity index (χ1v) is 12.7. The van der Waals surface area contributed by atoms with E-state index in [0.717, 1.165) is 16.9 Å².